The standard InChI is InChI=1S/C25H21BrN2O5S/c1-32-20-12-3-15(13-21(20)33-2)24(30)27-17-6-10-19(11-7-17)34-22-14-23(29)28(25(22)31)18-8-4-16(26)5-9-18/h3-13,22H,14H2,1-2H3,(H,27,30). The Morgan fingerprint density at radius 2 is 1.65 bits per heavy atom. The second kappa shape index (κ2) is 10.3. The molecule has 7 nitrogen and oxygen atoms in total. The summed E-state index contributed by atoms with van der Waals surface area (Å²) in [4.78, 5) is 40.0. The van der Waals surface area contributed by atoms with Gasteiger partial charge >= 0.3 is 0 Å². The molecule has 0 radical (unpaired) electrons. The van der Waals surface area contributed by atoms with E-state index in [1.54, 1.807) is 54.6 Å². The summed E-state index contributed by atoms with van der Waals surface area (Å²) >= 11 is 4.69. The van der Waals surface area contributed by atoms with Crippen molar-refractivity contribution in [3.8, 4) is 11.5 Å². The van der Waals surface area contributed by atoms with Crippen LogP contribution in [0.4, 0.5) is 11.4 Å². The Bertz CT molecular complexity index is 1230. The Kier molecular flexibility index (Phi) is 7.23. The highest BCUT2D eigenvalue weighted by Gasteiger charge is 2.40. The fraction of sp³-hybridized carbons (Fsp3) is 0.160. The quantitative estimate of drug-likeness (QED) is 0.417. The first-order valence-corrected chi connectivity index (χ1v) is 12.0. The van der Waals surface area contributed by atoms with Crippen LogP contribution in [-0.4, -0.2) is 37.2 Å². The summed E-state index contributed by atoms with van der Waals surface area (Å²) in [5.41, 5.74) is 1.60. The van der Waals surface area contributed by atoms with Crippen LogP contribution in [0.5, 0.6) is 11.5 Å². The minimum atomic E-state index is -0.497. The predicted molar refractivity (Wildman–Crippen MR) is 135 cm³/mol. The summed E-state index contributed by atoms with van der Waals surface area (Å²) in [6.07, 6.45) is 0.136. The van der Waals surface area contributed by atoms with Crippen LogP contribution >= 0.6 is 27.7 Å². The number of rotatable bonds is 7. The van der Waals surface area contributed by atoms with Gasteiger partial charge in [-0.15, -0.1) is 11.8 Å². The molecule has 0 bridgehead atoms. The first-order chi connectivity index (χ1) is 16.4. The predicted octanol–water partition coefficient (Wildman–Crippen LogP) is 5.14. The topological polar surface area (TPSA) is 84.9 Å². The van der Waals surface area contributed by atoms with Crippen LogP contribution in [0.15, 0.2) is 76.1 Å². The molecular weight excluding hydrogens is 520 g/mol. The van der Waals surface area contributed by atoms with Gasteiger partial charge in [0, 0.05) is 27.0 Å². The molecule has 0 spiro atoms. The number of carbonyl (C=O) groups excluding carboxylic acids is 3. The fourth-order valence-corrected chi connectivity index (χ4v) is 4.84. The smallest absolute Gasteiger partial charge is 0.255 e. The van der Waals surface area contributed by atoms with E-state index in [2.05, 4.69) is 21.2 Å². The number of hydrogen-bond acceptors (Lipinski definition) is 6. The molecule has 1 aliphatic heterocycles. The third kappa shape index (κ3) is 5.10. The molecule has 0 saturated carbocycles. The zero-order valence-corrected chi connectivity index (χ0v) is 20.8. The van der Waals surface area contributed by atoms with E-state index in [9.17, 15) is 14.4 Å². The van der Waals surface area contributed by atoms with Crippen molar-refractivity contribution < 1.29 is 23.9 Å². The van der Waals surface area contributed by atoms with Crippen LogP contribution in [0.2, 0.25) is 0 Å². The van der Waals surface area contributed by atoms with Crippen LogP contribution < -0.4 is 19.7 Å². The molecule has 1 N–H and O–H groups in total. The van der Waals surface area contributed by atoms with E-state index in [0.29, 0.717) is 28.4 Å². The maximum atomic E-state index is 12.9. The number of imide groups is 1. The molecule has 1 unspecified atom stereocenters. The summed E-state index contributed by atoms with van der Waals surface area (Å²) in [5.74, 6) is 0.267. The van der Waals surface area contributed by atoms with Gasteiger partial charge in [-0.2, -0.15) is 0 Å². The highest BCUT2D eigenvalue weighted by molar-refractivity contribution is 9.10. The van der Waals surface area contributed by atoms with Crippen LogP contribution in [-0.2, 0) is 9.59 Å². The van der Waals surface area contributed by atoms with E-state index in [-0.39, 0.29) is 24.1 Å². The number of nitrogens with zero attached hydrogens (tertiary/aromatic N) is 1. The second-order valence-electron chi connectivity index (χ2n) is 7.40. The molecule has 174 valence electrons. The SMILES string of the molecule is COc1ccc(C(=O)Nc2ccc(SC3CC(=O)N(c4ccc(Br)cc4)C3=O)cc2)cc1OC. The van der Waals surface area contributed by atoms with Crippen molar-refractivity contribution in [3.63, 3.8) is 0 Å². The normalized spacial score (nSPS) is 15.4. The summed E-state index contributed by atoms with van der Waals surface area (Å²) < 4.78 is 11.3. The van der Waals surface area contributed by atoms with Crippen molar-refractivity contribution >= 4 is 56.8 Å². The lowest BCUT2D eigenvalue weighted by Gasteiger charge is -2.15. The van der Waals surface area contributed by atoms with Gasteiger partial charge in [-0.25, -0.2) is 4.90 Å². The molecule has 1 atom stereocenters. The Balaban J connectivity index is 1.40. The first-order valence-electron chi connectivity index (χ1n) is 10.3. The van der Waals surface area contributed by atoms with E-state index < -0.39 is 5.25 Å². The molecule has 0 aromatic heterocycles. The molecule has 4 rings (SSSR count). The van der Waals surface area contributed by atoms with Gasteiger partial charge in [0.1, 0.15) is 0 Å². The maximum Gasteiger partial charge on any atom is 0.255 e. The van der Waals surface area contributed by atoms with Gasteiger partial charge in [0.2, 0.25) is 11.8 Å². The van der Waals surface area contributed by atoms with Crippen LogP contribution in [0.25, 0.3) is 0 Å². The number of hydrogen-bond donors (Lipinski definition) is 1. The van der Waals surface area contributed by atoms with Gasteiger partial charge in [0.15, 0.2) is 11.5 Å². The molecule has 34 heavy (non-hydrogen) atoms. The van der Waals surface area contributed by atoms with Crippen LogP contribution in [0, 0.1) is 0 Å². The number of ether oxygens (including phenoxy) is 2. The molecule has 3 amide bonds. The number of amides is 3. The summed E-state index contributed by atoms with van der Waals surface area (Å²) in [6.45, 7) is 0. The van der Waals surface area contributed by atoms with Crippen molar-refractivity contribution in [1.29, 1.82) is 0 Å². The second-order valence-corrected chi connectivity index (χ2v) is 9.59. The molecule has 3 aromatic rings. The first kappa shape index (κ1) is 23.8. The van der Waals surface area contributed by atoms with Crippen molar-refractivity contribution in [2.75, 3.05) is 24.4 Å². The van der Waals surface area contributed by atoms with Gasteiger partial charge in [0.05, 0.1) is 25.2 Å². The highest BCUT2D eigenvalue weighted by atomic mass is 79.9. The summed E-state index contributed by atoms with van der Waals surface area (Å²) in [6, 6.07) is 19.2. The summed E-state index contributed by atoms with van der Waals surface area (Å²) in [7, 11) is 3.04. The third-order valence-corrected chi connectivity index (χ3v) is 6.95. The Hall–Kier alpha value is -3.30. The van der Waals surface area contributed by atoms with E-state index in [0.717, 1.165) is 9.37 Å². The Morgan fingerprint density at radius 1 is 0.971 bits per heavy atom. The minimum Gasteiger partial charge on any atom is -0.493 e. The van der Waals surface area contributed by atoms with Crippen LogP contribution in [0.3, 0.4) is 0 Å². The van der Waals surface area contributed by atoms with Gasteiger partial charge in [-0.3, -0.25) is 14.4 Å². The molecule has 1 heterocycles. The van der Waals surface area contributed by atoms with Gasteiger partial charge in [-0.05, 0) is 66.7 Å². The molecule has 1 fully saturated rings. The number of carbonyl (C=O) groups is 3. The van der Waals surface area contributed by atoms with Gasteiger partial charge in [-0.1, -0.05) is 15.9 Å². The van der Waals surface area contributed by atoms with Crippen LogP contribution in [0.1, 0.15) is 16.8 Å². The van der Waals surface area contributed by atoms with E-state index in [1.165, 1.54) is 30.9 Å². The maximum absolute atomic E-state index is 12.9. The number of halogens is 1. The summed E-state index contributed by atoms with van der Waals surface area (Å²) in [5, 5.41) is 2.34. The number of benzene rings is 3. The lowest BCUT2D eigenvalue weighted by atomic mass is 10.2. The largest absolute Gasteiger partial charge is 0.493 e. The molecule has 1 aliphatic rings. The monoisotopic (exact) mass is 540 g/mol. The van der Waals surface area contributed by atoms with E-state index in [4.69, 9.17) is 9.47 Å². The van der Waals surface area contributed by atoms with Crippen molar-refractivity contribution in [2.45, 2.75) is 16.6 Å². The van der Waals surface area contributed by atoms with E-state index in [1.807, 2.05) is 12.1 Å². The zero-order chi connectivity index (χ0) is 24.2. The zero-order valence-electron chi connectivity index (χ0n) is 18.4. The number of nitrogens with one attached hydrogen (secondary N) is 1. The Morgan fingerprint density at radius 3 is 2.29 bits per heavy atom. The number of thioether (sulfide) groups is 1. The average Bonchev–Trinajstić information content (AvgIpc) is 3.12. The minimum absolute atomic E-state index is 0.136. The Labute approximate surface area is 209 Å². The number of anilines is 2. The molecule has 0 aliphatic carbocycles. The highest BCUT2D eigenvalue weighted by Crippen LogP contribution is 2.35. The van der Waals surface area contributed by atoms with Gasteiger partial charge in [0.25, 0.3) is 5.91 Å². The molecular formula is C25H21BrN2O5S. The fourth-order valence-electron chi connectivity index (χ4n) is 3.52. The lowest BCUT2D eigenvalue weighted by molar-refractivity contribution is -0.121. The molecule has 3 aromatic carbocycles. The van der Waals surface area contributed by atoms with E-state index >= 15 is 0 Å². The lowest BCUT2D eigenvalue weighted by Crippen LogP contribution is -2.31. The van der Waals surface area contributed by atoms with Crippen molar-refractivity contribution in [1.82, 2.24) is 0 Å². The van der Waals surface area contributed by atoms with Gasteiger partial charge < -0.3 is 14.8 Å². The van der Waals surface area contributed by atoms with Crippen molar-refractivity contribution in [3.05, 3.63) is 76.8 Å². The third-order valence-electron chi connectivity index (χ3n) is 5.23. The molecule has 1 saturated heterocycles. The van der Waals surface area contributed by atoms with Crippen molar-refractivity contribution in [2.24, 2.45) is 0 Å². The molecule has 9 heteroatoms. The number of methoxy groups -OCH3 is 2. The average molecular weight is 541 g/mol.